The number of methoxy groups -OCH3 is 1. The van der Waals surface area contributed by atoms with Crippen molar-refractivity contribution in [2.24, 2.45) is 0 Å². The molecule has 2 rings (SSSR count). The van der Waals surface area contributed by atoms with Gasteiger partial charge in [-0.2, -0.15) is 0 Å². The standard InChI is InChI=1S/C15H18N4O4S/c1-3-10-24(21,22)19-14-9-8-13(17-18-14)16-12-7-5-4-6-11(12)15(20)23-2/h4-9H,3,10H2,1-2H3,(H,16,17)(H,18,19). The lowest BCUT2D eigenvalue weighted by Gasteiger charge is -2.10. The van der Waals surface area contributed by atoms with Gasteiger partial charge >= 0.3 is 5.97 Å². The Labute approximate surface area is 140 Å². The number of anilines is 3. The number of esters is 1. The van der Waals surface area contributed by atoms with E-state index in [9.17, 15) is 13.2 Å². The number of carbonyl (C=O) groups is 1. The molecule has 24 heavy (non-hydrogen) atoms. The smallest absolute Gasteiger partial charge is 0.339 e. The third-order valence-corrected chi connectivity index (χ3v) is 4.46. The van der Waals surface area contributed by atoms with E-state index in [1.807, 2.05) is 0 Å². The number of carbonyl (C=O) groups excluding carboxylic acids is 1. The molecule has 9 heteroatoms. The first-order valence-electron chi connectivity index (χ1n) is 7.23. The van der Waals surface area contributed by atoms with Crippen LogP contribution in [0.3, 0.4) is 0 Å². The van der Waals surface area contributed by atoms with E-state index >= 15 is 0 Å². The molecule has 0 amide bonds. The van der Waals surface area contributed by atoms with Crippen molar-refractivity contribution in [3.8, 4) is 0 Å². The Balaban J connectivity index is 2.14. The van der Waals surface area contributed by atoms with Crippen molar-refractivity contribution in [3.63, 3.8) is 0 Å². The molecule has 0 aliphatic carbocycles. The van der Waals surface area contributed by atoms with Gasteiger partial charge in [0.15, 0.2) is 11.6 Å². The summed E-state index contributed by atoms with van der Waals surface area (Å²) < 4.78 is 30.4. The van der Waals surface area contributed by atoms with Crippen LogP contribution in [0, 0.1) is 0 Å². The van der Waals surface area contributed by atoms with Crippen LogP contribution in [0.1, 0.15) is 23.7 Å². The summed E-state index contributed by atoms with van der Waals surface area (Å²) in [5.41, 5.74) is 0.868. The zero-order valence-corrected chi connectivity index (χ0v) is 14.1. The van der Waals surface area contributed by atoms with Gasteiger partial charge in [-0.1, -0.05) is 19.1 Å². The van der Waals surface area contributed by atoms with Crippen LogP contribution in [0.5, 0.6) is 0 Å². The topological polar surface area (TPSA) is 110 Å². The van der Waals surface area contributed by atoms with E-state index in [2.05, 4.69) is 20.2 Å². The van der Waals surface area contributed by atoms with Gasteiger partial charge in [0.05, 0.1) is 24.1 Å². The van der Waals surface area contributed by atoms with Crippen LogP contribution in [-0.2, 0) is 14.8 Å². The Hall–Kier alpha value is -2.68. The van der Waals surface area contributed by atoms with Gasteiger partial charge in [-0.15, -0.1) is 10.2 Å². The molecule has 2 N–H and O–H groups in total. The molecule has 1 aromatic carbocycles. The number of aromatic nitrogens is 2. The maximum absolute atomic E-state index is 11.7. The second kappa shape index (κ2) is 7.73. The SMILES string of the molecule is CCCS(=O)(=O)Nc1ccc(Nc2ccccc2C(=O)OC)nn1. The van der Waals surface area contributed by atoms with Crippen LogP contribution in [0.25, 0.3) is 0 Å². The van der Waals surface area contributed by atoms with Crippen molar-refractivity contribution >= 4 is 33.3 Å². The van der Waals surface area contributed by atoms with Crippen molar-refractivity contribution in [1.82, 2.24) is 10.2 Å². The van der Waals surface area contributed by atoms with Crippen molar-refractivity contribution in [3.05, 3.63) is 42.0 Å². The van der Waals surface area contributed by atoms with Gasteiger partial charge in [-0.25, -0.2) is 13.2 Å². The van der Waals surface area contributed by atoms with Crippen LogP contribution in [0.2, 0.25) is 0 Å². The molecule has 0 atom stereocenters. The maximum Gasteiger partial charge on any atom is 0.339 e. The highest BCUT2D eigenvalue weighted by molar-refractivity contribution is 7.92. The molecule has 1 aromatic heterocycles. The minimum absolute atomic E-state index is 0.0151. The molecular formula is C15H18N4O4S. The lowest BCUT2D eigenvalue weighted by molar-refractivity contribution is 0.0602. The first kappa shape index (κ1) is 17.7. The number of rotatable bonds is 7. The molecular weight excluding hydrogens is 332 g/mol. The van der Waals surface area contributed by atoms with Crippen molar-refractivity contribution in [2.75, 3.05) is 22.9 Å². The molecule has 0 saturated carbocycles. The third kappa shape index (κ3) is 4.66. The van der Waals surface area contributed by atoms with Gasteiger partial charge in [0.1, 0.15) is 0 Å². The number of ether oxygens (including phenoxy) is 1. The summed E-state index contributed by atoms with van der Waals surface area (Å²) in [5.74, 6) is 0.0383. The zero-order valence-electron chi connectivity index (χ0n) is 13.3. The van der Waals surface area contributed by atoms with Gasteiger partial charge in [-0.05, 0) is 30.7 Å². The predicted octanol–water partition coefficient (Wildman–Crippen LogP) is 2.16. The predicted molar refractivity (Wildman–Crippen MR) is 90.8 cm³/mol. The summed E-state index contributed by atoms with van der Waals surface area (Å²) in [7, 11) is -2.11. The minimum Gasteiger partial charge on any atom is -0.465 e. The first-order chi connectivity index (χ1) is 11.4. The van der Waals surface area contributed by atoms with E-state index < -0.39 is 16.0 Å². The van der Waals surface area contributed by atoms with E-state index in [1.165, 1.54) is 13.2 Å². The Kier molecular flexibility index (Phi) is 5.69. The Morgan fingerprint density at radius 2 is 1.79 bits per heavy atom. The molecule has 128 valence electrons. The lowest BCUT2D eigenvalue weighted by Crippen LogP contribution is -2.17. The number of sulfonamides is 1. The molecule has 0 unspecified atom stereocenters. The van der Waals surface area contributed by atoms with Gasteiger partial charge < -0.3 is 10.1 Å². The van der Waals surface area contributed by atoms with Gasteiger partial charge in [0, 0.05) is 0 Å². The lowest BCUT2D eigenvalue weighted by atomic mass is 10.2. The summed E-state index contributed by atoms with van der Waals surface area (Å²) >= 11 is 0. The van der Waals surface area contributed by atoms with Crippen LogP contribution in [-0.4, -0.2) is 37.4 Å². The van der Waals surface area contributed by atoms with Crippen molar-refractivity contribution in [1.29, 1.82) is 0 Å². The molecule has 2 aromatic rings. The number of nitrogens with zero attached hydrogens (tertiary/aromatic N) is 2. The first-order valence-corrected chi connectivity index (χ1v) is 8.89. The second-order valence-corrected chi connectivity index (χ2v) is 6.73. The highest BCUT2D eigenvalue weighted by atomic mass is 32.2. The average Bonchev–Trinajstić information content (AvgIpc) is 2.56. The summed E-state index contributed by atoms with van der Waals surface area (Å²) in [5, 5.41) is 10.7. The normalized spacial score (nSPS) is 10.9. The summed E-state index contributed by atoms with van der Waals surface area (Å²) in [6.07, 6.45) is 0.507. The Morgan fingerprint density at radius 3 is 2.42 bits per heavy atom. The Morgan fingerprint density at radius 1 is 1.12 bits per heavy atom. The van der Waals surface area contributed by atoms with Gasteiger partial charge in [0.2, 0.25) is 10.0 Å². The number of benzene rings is 1. The number of para-hydroxylation sites is 1. The fourth-order valence-corrected chi connectivity index (χ4v) is 3.02. The molecule has 0 bridgehead atoms. The molecule has 0 fully saturated rings. The molecule has 0 radical (unpaired) electrons. The summed E-state index contributed by atoms with van der Waals surface area (Å²) in [6, 6.07) is 9.85. The van der Waals surface area contributed by atoms with E-state index in [-0.39, 0.29) is 11.6 Å². The fourth-order valence-electron chi connectivity index (χ4n) is 1.95. The van der Waals surface area contributed by atoms with Crippen LogP contribution in [0.15, 0.2) is 36.4 Å². The number of nitrogens with one attached hydrogen (secondary N) is 2. The van der Waals surface area contributed by atoms with Gasteiger partial charge in [-0.3, -0.25) is 4.72 Å². The molecule has 8 nitrogen and oxygen atoms in total. The average molecular weight is 350 g/mol. The van der Waals surface area contributed by atoms with Crippen molar-refractivity contribution in [2.45, 2.75) is 13.3 Å². The monoisotopic (exact) mass is 350 g/mol. The summed E-state index contributed by atoms with van der Waals surface area (Å²) in [6.45, 7) is 1.77. The molecule has 0 spiro atoms. The largest absolute Gasteiger partial charge is 0.465 e. The second-order valence-electron chi connectivity index (χ2n) is 4.89. The molecule has 0 aliphatic heterocycles. The highest BCUT2D eigenvalue weighted by Gasteiger charge is 2.13. The van der Waals surface area contributed by atoms with Crippen LogP contribution < -0.4 is 10.0 Å². The molecule has 0 saturated heterocycles. The van der Waals surface area contributed by atoms with Crippen LogP contribution in [0.4, 0.5) is 17.3 Å². The van der Waals surface area contributed by atoms with Crippen molar-refractivity contribution < 1.29 is 17.9 Å². The third-order valence-electron chi connectivity index (χ3n) is 2.99. The molecule has 0 aliphatic rings. The Bertz CT molecular complexity index is 806. The van der Waals surface area contributed by atoms with Crippen LogP contribution >= 0.6 is 0 Å². The zero-order chi connectivity index (χ0) is 17.6. The quantitative estimate of drug-likeness (QED) is 0.736. The highest BCUT2D eigenvalue weighted by Crippen LogP contribution is 2.20. The molecule has 1 heterocycles. The van der Waals surface area contributed by atoms with Gasteiger partial charge in [0.25, 0.3) is 0 Å². The van der Waals surface area contributed by atoms with E-state index in [1.54, 1.807) is 37.3 Å². The number of hydrogen-bond acceptors (Lipinski definition) is 7. The maximum atomic E-state index is 11.7. The van der Waals surface area contributed by atoms with E-state index in [0.29, 0.717) is 23.5 Å². The van der Waals surface area contributed by atoms with E-state index in [0.717, 1.165) is 0 Å². The number of hydrogen-bond donors (Lipinski definition) is 2. The fraction of sp³-hybridized carbons (Fsp3) is 0.267. The van der Waals surface area contributed by atoms with E-state index in [4.69, 9.17) is 4.74 Å². The summed E-state index contributed by atoms with van der Waals surface area (Å²) in [4.78, 5) is 11.7. The minimum atomic E-state index is -3.41.